The molecule has 1 unspecified atom stereocenters. The Hall–Kier alpha value is -3.79. The average Bonchev–Trinajstić information content (AvgIpc) is 3.22. The molecule has 1 amide bonds. The van der Waals surface area contributed by atoms with Crippen LogP contribution in [0.25, 0.3) is 27.7 Å². The minimum absolute atomic E-state index is 0.0827. The van der Waals surface area contributed by atoms with E-state index in [1.165, 1.54) is 0 Å². The van der Waals surface area contributed by atoms with Crippen molar-refractivity contribution in [1.82, 2.24) is 5.32 Å². The van der Waals surface area contributed by atoms with Gasteiger partial charge in [-0.15, -0.1) is 0 Å². The Kier molecular flexibility index (Phi) is 5.89. The molecule has 156 valence electrons. The summed E-state index contributed by atoms with van der Waals surface area (Å²) in [5, 5.41) is 4.01. The van der Waals surface area contributed by atoms with Crippen LogP contribution in [-0.2, 0) is 4.79 Å². The minimum atomic E-state index is -0.147. The number of hydrogen-bond donors (Lipinski definition) is 1. The molecule has 0 aliphatic rings. The fraction of sp³-hybridized carbons (Fsp3) is 0.148. The van der Waals surface area contributed by atoms with E-state index in [1.807, 2.05) is 74.5 Å². The smallest absolute Gasteiger partial charge is 0.244 e. The van der Waals surface area contributed by atoms with Gasteiger partial charge in [0.25, 0.3) is 0 Å². The number of carbonyl (C=O) groups is 1. The van der Waals surface area contributed by atoms with Crippen LogP contribution in [-0.4, -0.2) is 13.0 Å². The lowest BCUT2D eigenvalue weighted by Crippen LogP contribution is -2.24. The number of benzene rings is 3. The first-order chi connectivity index (χ1) is 15.1. The summed E-state index contributed by atoms with van der Waals surface area (Å²) in [6.07, 6.45) is 3.38. The third kappa shape index (κ3) is 4.38. The summed E-state index contributed by atoms with van der Waals surface area (Å²) >= 11 is 0. The van der Waals surface area contributed by atoms with Gasteiger partial charge >= 0.3 is 0 Å². The fourth-order valence-corrected chi connectivity index (χ4v) is 3.73. The predicted molar refractivity (Wildman–Crippen MR) is 125 cm³/mol. The van der Waals surface area contributed by atoms with Gasteiger partial charge < -0.3 is 14.5 Å². The first-order valence-electron chi connectivity index (χ1n) is 10.3. The molecule has 4 heteroatoms. The van der Waals surface area contributed by atoms with Crippen molar-refractivity contribution in [3.05, 3.63) is 96.3 Å². The van der Waals surface area contributed by atoms with Crippen molar-refractivity contribution in [2.24, 2.45) is 0 Å². The van der Waals surface area contributed by atoms with Gasteiger partial charge in [-0.1, -0.05) is 60.7 Å². The third-order valence-corrected chi connectivity index (χ3v) is 5.41. The lowest BCUT2D eigenvalue weighted by atomic mass is 9.99. The Balaban J connectivity index is 1.66. The molecule has 3 aromatic carbocycles. The average molecular weight is 412 g/mol. The highest BCUT2D eigenvalue weighted by atomic mass is 16.5. The van der Waals surface area contributed by atoms with Gasteiger partial charge in [0.1, 0.15) is 11.3 Å². The molecule has 0 saturated heterocycles. The van der Waals surface area contributed by atoms with Crippen LogP contribution < -0.4 is 10.1 Å². The maximum absolute atomic E-state index is 12.7. The molecular weight excluding hydrogens is 386 g/mol. The second-order valence-corrected chi connectivity index (χ2v) is 7.53. The highest BCUT2D eigenvalue weighted by Gasteiger charge is 2.15. The van der Waals surface area contributed by atoms with Crippen LogP contribution in [0.4, 0.5) is 0 Å². The van der Waals surface area contributed by atoms with Crippen molar-refractivity contribution in [3.63, 3.8) is 0 Å². The summed E-state index contributed by atoms with van der Waals surface area (Å²) in [6.45, 7) is 3.89. The van der Waals surface area contributed by atoms with Gasteiger partial charge in [-0.05, 0) is 36.6 Å². The van der Waals surface area contributed by atoms with Crippen molar-refractivity contribution in [3.8, 4) is 16.9 Å². The third-order valence-electron chi connectivity index (χ3n) is 5.41. The number of methoxy groups -OCH3 is 1. The molecule has 4 rings (SSSR count). The summed E-state index contributed by atoms with van der Waals surface area (Å²) in [4.78, 5) is 12.7. The van der Waals surface area contributed by atoms with Crippen LogP contribution >= 0.6 is 0 Å². The van der Waals surface area contributed by atoms with E-state index in [-0.39, 0.29) is 11.9 Å². The number of amides is 1. The van der Waals surface area contributed by atoms with Gasteiger partial charge in [-0.2, -0.15) is 0 Å². The van der Waals surface area contributed by atoms with Crippen molar-refractivity contribution in [1.29, 1.82) is 0 Å². The molecular formula is C27H25NO3. The second kappa shape index (κ2) is 8.92. The summed E-state index contributed by atoms with van der Waals surface area (Å²) in [6, 6.07) is 23.8. The first kappa shape index (κ1) is 20.5. The number of ether oxygens (including phenoxy) is 1. The lowest BCUT2D eigenvalue weighted by Gasteiger charge is -2.14. The molecule has 0 fully saturated rings. The van der Waals surface area contributed by atoms with Crippen LogP contribution in [0.15, 0.2) is 89.6 Å². The molecule has 0 spiro atoms. The van der Waals surface area contributed by atoms with E-state index in [1.54, 1.807) is 19.4 Å². The second-order valence-electron chi connectivity index (χ2n) is 7.53. The predicted octanol–water partition coefficient (Wildman–Crippen LogP) is 6.39. The Morgan fingerprint density at radius 1 is 1.03 bits per heavy atom. The summed E-state index contributed by atoms with van der Waals surface area (Å²) < 4.78 is 11.4. The van der Waals surface area contributed by atoms with E-state index in [0.29, 0.717) is 5.75 Å². The molecule has 0 saturated carbocycles. The van der Waals surface area contributed by atoms with Crippen LogP contribution in [0.1, 0.15) is 31.0 Å². The molecule has 1 aromatic heterocycles. The van der Waals surface area contributed by atoms with Crippen molar-refractivity contribution < 1.29 is 13.9 Å². The van der Waals surface area contributed by atoms with Gasteiger partial charge in [-0.3, -0.25) is 4.79 Å². The number of allylic oxidation sites excluding steroid dienone is 1. The fourth-order valence-electron chi connectivity index (χ4n) is 3.73. The largest absolute Gasteiger partial charge is 0.496 e. The Labute approximate surface area is 182 Å². The number of fused-ring (bicyclic) bond motifs is 1. The van der Waals surface area contributed by atoms with E-state index in [4.69, 9.17) is 9.15 Å². The van der Waals surface area contributed by atoms with Gasteiger partial charge in [-0.25, -0.2) is 0 Å². The monoisotopic (exact) mass is 411 g/mol. The molecule has 0 radical (unpaired) electrons. The molecule has 0 bridgehead atoms. The normalized spacial score (nSPS) is 12.5. The zero-order valence-corrected chi connectivity index (χ0v) is 17.9. The zero-order valence-electron chi connectivity index (χ0n) is 17.9. The van der Waals surface area contributed by atoms with Crippen LogP contribution in [0.5, 0.6) is 5.75 Å². The number of hydrogen-bond acceptors (Lipinski definition) is 3. The number of carbonyl (C=O) groups excluding carboxylic acids is 1. The standard InChI is InChI=1S/C27H25NO3/c1-18(14-27(29)28-19(2)20-10-6-4-7-11-20)22-15-23-24(21-12-8-5-9-13-21)17-31-26(23)16-25(22)30-3/h4-17,19H,1-3H3,(H,28,29)/b18-14+. The molecule has 0 aliphatic carbocycles. The van der Waals surface area contributed by atoms with Gasteiger partial charge in [0.05, 0.1) is 19.4 Å². The maximum atomic E-state index is 12.7. The van der Waals surface area contributed by atoms with E-state index in [0.717, 1.165) is 38.8 Å². The van der Waals surface area contributed by atoms with Gasteiger partial charge in [0, 0.05) is 28.7 Å². The maximum Gasteiger partial charge on any atom is 0.244 e. The van der Waals surface area contributed by atoms with Crippen LogP contribution in [0.2, 0.25) is 0 Å². The molecule has 4 aromatic rings. The van der Waals surface area contributed by atoms with Gasteiger partial charge in [0.2, 0.25) is 5.91 Å². The van der Waals surface area contributed by atoms with Crippen LogP contribution in [0.3, 0.4) is 0 Å². The minimum Gasteiger partial charge on any atom is -0.496 e. The molecule has 4 nitrogen and oxygen atoms in total. The van der Waals surface area contributed by atoms with Gasteiger partial charge in [0.15, 0.2) is 0 Å². The highest BCUT2D eigenvalue weighted by molar-refractivity contribution is 6.00. The Morgan fingerprint density at radius 3 is 2.39 bits per heavy atom. The molecule has 1 heterocycles. The molecule has 31 heavy (non-hydrogen) atoms. The topological polar surface area (TPSA) is 51.5 Å². The molecule has 1 N–H and O–H groups in total. The van der Waals surface area contributed by atoms with E-state index in [2.05, 4.69) is 17.4 Å². The Morgan fingerprint density at radius 2 is 1.71 bits per heavy atom. The molecule has 1 atom stereocenters. The molecule has 0 aliphatic heterocycles. The van der Waals surface area contributed by atoms with Crippen molar-refractivity contribution in [2.45, 2.75) is 19.9 Å². The van der Waals surface area contributed by atoms with E-state index < -0.39 is 0 Å². The lowest BCUT2D eigenvalue weighted by molar-refractivity contribution is -0.117. The van der Waals surface area contributed by atoms with Crippen molar-refractivity contribution in [2.75, 3.05) is 7.11 Å². The van der Waals surface area contributed by atoms with E-state index in [9.17, 15) is 4.79 Å². The number of nitrogens with one attached hydrogen (secondary N) is 1. The highest BCUT2D eigenvalue weighted by Crippen LogP contribution is 2.37. The SMILES string of the molecule is COc1cc2occ(-c3ccccc3)c2cc1/C(C)=C/C(=O)NC(C)c1ccccc1. The first-order valence-corrected chi connectivity index (χ1v) is 10.3. The van der Waals surface area contributed by atoms with E-state index >= 15 is 0 Å². The quantitative estimate of drug-likeness (QED) is 0.374. The number of furan rings is 1. The number of rotatable bonds is 6. The summed E-state index contributed by atoms with van der Waals surface area (Å²) in [5.74, 6) is 0.519. The van der Waals surface area contributed by atoms with Crippen LogP contribution in [0, 0.1) is 0 Å². The summed E-state index contributed by atoms with van der Waals surface area (Å²) in [7, 11) is 1.62. The van der Waals surface area contributed by atoms with Crippen molar-refractivity contribution >= 4 is 22.4 Å². The summed E-state index contributed by atoms with van der Waals surface area (Å²) in [5.41, 5.74) is 5.57. The Bertz CT molecular complexity index is 1220. The zero-order chi connectivity index (χ0) is 21.8.